The van der Waals surface area contributed by atoms with Crippen LogP contribution in [0.25, 0.3) is 0 Å². The van der Waals surface area contributed by atoms with E-state index in [1.807, 2.05) is 57.2 Å². The summed E-state index contributed by atoms with van der Waals surface area (Å²) in [6.07, 6.45) is 3.49. The molecule has 0 radical (unpaired) electrons. The Morgan fingerprint density at radius 1 is 0.964 bits per heavy atom. The number of aryl methyl sites for hydroxylation is 3. The van der Waals surface area contributed by atoms with Gasteiger partial charge in [0.15, 0.2) is 0 Å². The fourth-order valence-corrected chi connectivity index (χ4v) is 2.84. The zero-order valence-corrected chi connectivity index (χ0v) is 16.4. The highest BCUT2D eigenvalue weighted by Gasteiger charge is 2.10. The van der Waals surface area contributed by atoms with Crippen LogP contribution >= 0.6 is 0 Å². The number of rotatable bonds is 4. The number of nitrogens with zero attached hydrogens (tertiary/aromatic N) is 2. The van der Waals surface area contributed by atoms with Gasteiger partial charge in [-0.1, -0.05) is 29.8 Å². The Bertz CT molecular complexity index is 959. The Balaban J connectivity index is 1.82. The van der Waals surface area contributed by atoms with Crippen LogP contribution in [0.2, 0.25) is 0 Å². The Hall–Kier alpha value is -3.47. The van der Waals surface area contributed by atoms with Crippen molar-refractivity contribution in [3.63, 3.8) is 0 Å². The van der Waals surface area contributed by atoms with Gasteiger partial charge in [0.25, 0.3) is 5.91 Å². The van der Waals surface area contributed by atoms with E-state index in [1.54, 1.807) is 24.5 Å². The molecule has 0 spiro atoms. The van der Waals surface area contributed by atoms with Gasteiger partial charge < -0.3 is 5.32 Å². The Morgan fingerprint density at radius 2 is 1.68 bits per heavy atom. The molecule has 28 heavy (non-hydrogen) atoms. The topological polar surface area (TPSA) is 66.4 Å². The number of aromatic nitrogens is 1. The lowest BCUT2D eigenvalue weighted by molar-refractivity contribution is 0.0977. The molecule has 1 amide bonds. The molecule has 3 rings (SSSR count). The lowest BCUT2D eigenvalue weighted by Crippen LogP contribution is -2.36. The second-order valence-corrected chi connectivity index (χ2v) is 6.85. The smallest absolute Gasteiger partial charge is 0.257 e. The van der Waals surface area contributed by atoms with Crippen molar-refractivity contribution in [2.45, 2.75) is 27.3 Å². The number of carbonyl (C=O) groups excluding carboxylic acids is 1. The first-order chi connectivity index (χ1) is 13.5. The number of hydrogen-bond acceptors (Lipinski definition) is 3. The van der Waals surface area contributed by atoms with Gasteiger partial charge in [0.1, 0.15) is 0 Å². The molecule has 3 aromatic rings. The standard InChI is InChI=1S/C23H24N4O/c1-16-6-8-20(9-7-16)22(28)27-23(25-15-19-5-4-10-24-14-19)26-21-12-17(2)11-18(3)13-21/h4-14H,15H2,1-3H3,(H2,25,26,27,28). The van der Waals surface area contributed by atoms with E-state index in [9.17, 15) is 4.79 Å². The molecule has 0 aliphatic heterocycles. The van der Waals surface area contributed by atoms with Crippen LogP contribution in [0, 0.1) is 20.8 Å². The number of pyridine rings is 1. The fourth-order valence-electron chi connectivity index (χ4n) is 2.84. The summed E-state index contributed by atoms with van der Waals surface area (Å²) >= 11 is 0. The fraction of sp³-hybridized carbons (Fsp3) is 0.174. The molecule has 0 fully saturated rings. The average Bonchev–Trinajstić information content (AvgIpc) is 2.66. The number of anilines is 1. The second kappa shape index (κ2) is 8.95. The predicted octanol–water partition coefficient (Wildman–Crippen LogP) is 4.40. The number of guanidine groups is 1. The van der Waals surface area contributed by atoms with Crippen LogP contribution in [0.5, 0.6) is 0 Å². The zero-order chi connectivity index (χ0) is 19.9. The minimum atomic E-state index is -0.207. The lowest BCUT2D eigenvalue weighted by atomic mass is 10.1. The number of aliphatic imine (C=N–C) groups is 1. The molecule has 0 unspecified atom stereocenters. The summed E-state index contributed by atoms with van der Waals surface area (Å²) in [5.41, 5.74) is 5.81. The second-order valence-electron chi connectivity index (χ2n) is 6.85. The molecule has 2 N–H and O–H groups in total. The third-order valence-electron chi connectivity index (χ3n) is 4.17. The summed E-state index contributed by atoms with van der Waals surface area (Å²) in [7, 11) is 0. The van der Waals surface area contributed by atoms with E-state index in [1.165, 1.54) is 0 Å². The molecule has 5 nitrogen and oxygen atoms in total. The zero-order valence-electron chi connectivity index (χ0n) is 16.4. The van der Waals surface area contributed by atoms with Crippen molar-refractivity contribution in [3.8, 4) is 0 Å². The number of benzene rings is 2. The molecule has 0 aliphatic rings. The molecule has 0 bridgehead atoms. The molecule has 142 valence electrons. The van der Waals surface area contributed by atoms with Crippen LogP contribution < -0.4 is 10.6 Å². The summed E-state index contributed by atoms with van der Waals surface area (Å²) < 4.78 is 0. The predicted molar refractivity (Wildman–Crippen MR) is 114 cm³/mol. The molecule has 5 heteroatoms. The van der Waals surface area contributed by atoms with Crippen LogP contribution in [0.15, 0.2) is 72.0 Å². The summed E-state index contributed by atoms with van der Waals surface area (Å²) in [6, 6.07) is 17.4. The SMILES string of the molecule is Cc1ccc(C(=O)NC(=NCc2cccnc2)Nc2cc(C)cc(C)c2)cc1. The first-order valence-corrected chi connectivity index (χ1v) is 9.16. The number of hydrogen-bond donors (Lipinski definition) is 2. The van der Waals surface area contributed by atoms with E-state index in [2.05, 4.69) is 26.7 Å². The molecule has 0 atom stereocenters. The quantitative estimate of drug-likeness (QED) is 0.527. The monoisotopic (exact) mass is 372 g/mol. The van der Waals surface area contributed by atoms with E-state index < -0.39 is 0 Å². The minimum absolute atomic E-state index is 0.207. The van der Waals surface area contributed by atoms with Gasteiger partial charge in [0.2, 0.25) is 5.96 Å². The van der Waals surface area contributed by atoms with E-state index in [0.29, 0.717) is 18.1 Å². The number of carbonyl (C=O) groups is 1. The van der Waals surface area contributed by atoms with Gasteiger partial charge in [-0.15, -0.1) is 0 Å². The molecule has 1 heterocycles. The largest absolute Gasteiger partial charge is 0.326 e. The van der Waals surface area contributed by atoms with E-state index in [0.717, 1.165) is 27.9 Å². The maximum absolute atomic E-state index is 12.7. The van der Waals surface area contributed by atoms with Crippen molar-refractivity contribution in [1.82, 2.24) is 10.3 Å². The summed E-state index contributed by atoms with van der Waals surface area (Å²) in [4.78, 5) is 21.3. The van der Waals surface area contributed by atoms with Crippen LogP contribution in [-0.2, 0) is 6.54 Å². The molecule has 0 aliphatic carbocycles. The maximum Gasteiger partial charge on any atom is 0.257 e. The van der Waals surface area contributed by atoms with Crippen LogP contribution in [0.4, 0.5) is 5.69 Å². The summed E-state index contributed by atoms with van der Waals surface area (Å²) in [5, 5.41) is 6.13. The van der Waals surface area contributed by atoms with Gasteiger partial charge in [-0.05, 0) is 67.8 Å². The Morgan fingerprint density at radius 3 is 2.32 bits per heavy atom. The van der Waals surface area contributed by atoms with Gasteiger partial charge >= 0.3 is 0 Å². The lowest BCUT2D eigenvalue weighted by Gasteiger charge is -2.13. The molecule has 1 aromatic heterocycles. The van der Waals surface area contributed by atoms with Crippen LogP contribution in [0.3, 0.4) is 0 Å². The van der Waals surface area contributed by atoms with Crippen molar-refractivity contribution in [2.24, 2.45) is 4.99 Å². The molecule has 0 saturated heterocycles. The molecule has 0 saturated carbocycles. The van der Waals surface area contributed by atoms with Crippen LogP contribution in [0.1, 0.15) is 32.6 Å². The highest BCUT2D eigenvalue weighted by atomic mass is 16.1. The number of amides is 1. The van der Waals surface area contributed by atoms with Gasteiger partial charge in [0, 0.05) is 23.6 Å². The summed E-state index contributed by atoms with van der Waals surface area (Å²) in [5.74, 6) is 0.196. The molecule has 2 aromatic carbocycles. The highest BCUT2D eigenvalue weighted by Crippen LogP contribution is 2.14. The average molecular weight is 372 g/mol. The van der Waals surface area contributed by atoms with E-state index >= 15 is 0 Å². The highest BCUT2D eigenvalue weighted by molar-refractivity contribution is 6.10. The van der Waals surface area contributed by atoms with Crippen LogP contribution in [-0.4, -0.2) is 16.9 Å². The Kier molecular flexibility index (Phi) is 6.17. The number of nitrogens with one attached hydrogen (secondary N) is 2. The summed E-state index contributed by atoms with van der Waals surface area (Å²) in [6.45, 7) is 6.48. The molecular weight excluding hydrogens is 348 g/mol. The van der Waals surface area contributed by atoms with Crippen molar-refractivity contribution in [2.75, 3.05) is 5.32 Å². The molecular formula is C23H24N4O. The van der Waals surface area contributed by atoms with Gasteiger partial charge in [-0.25, -0.2) is 4.99 Å². The van der Waals surface area contributed by atoms with Gasteiger partial charge in [0.05, 0.1) is 6.54 Å². The van der Waals surface area contributed by atoms with Crippen molar-refractivity contribution in [3.05, 3.63) is 94.8 Å². The van der Waals surface area contributed by atoms with Gasteiger partial charge in [-0.2, -0.15) is 0 Å². The van der Waals surface area contributed by atoms with E-state index in [4.69, 9.17) is 0 Å². The minimum Gasteiger partial charge on any atom is -0.326 e. The normalized spacial score (nSPS) is 11.2. The first-order valence-electron chi connectivity index (χ1n) is 9.16. The van der Waals surface area contributed by atoms with Gasteiger partial charge in [-0.3, -0.25) is 15.1 Å². The third kappa shape index (κ3) is 5.51. The first kappa shape index (κ1) is 19.3. The maximum atomic E-state index is 12.7. The third-order valence-corrected chi connectivity index (χ3v) is 4.17. The van der Waals surface area contributed by atoms with Crippen molar-refractivity contribution in [1.29, 1.82) is 0 Å². The van der Waals surface area contributed by atoms with E-state index in [-0.39, 0.29) is 5.91 Å². The van der Waals surface area contributed by atoms with Crippen molar-refractivity contribution >= 4 is 17.6 Å². The Labute approximate surface area is 165 Å². The van der Waals surface area contributed by atoms with Crippen molar-refractivity contribution < 1.29 is 4.79 Å².